The number of nitrogens with one attached hydrogen (secondary N) is 3. The van der Waals surface area contributed by atoms with Crippen molar-refractivity contribution in [2.24, 2.45) is 0 Å². The number of carbonyl (C=O) groups is 1. The van der Waals surface area contributed by atoms with E-state index in [0.717, 1.165) is 22.5 Å². The van der Waals surface area contributed by atoms with Crippen LogP contribution in [-0.2, 0) is 0 Å². The number of hydrogen-bond acceptors (Lipinski definition) is 6. The number of aromatic amines is 1. The molecule has 0 spiro atoms. The molecule has 0 saturated heterocycles. The molecule has 0 saturated carbocycles. The van der Waals surface area contributed by atoms with Crippen molar-refractivity contribution < 1.29 is 4.79 Å². The third kappa shape index (κ3) is 3.84. The number of rotatable bonds is 5. The van der Waals surface area contributed by atoms with Crippen LogP contribution in [0.4, 0.5) is 11.6 Å². The van der Waals surface area contributed by atoms with Gasteiger partial charge in [0.25, 0.3) is 5.91 Å². The first kappa shape index (κ1) is 17.1. The summed E-state index contributed by atoms with van der Waals surface area (Å²) in [6.07, 6.45) is 5.08. The number of amides is 1. The zero-order valence-electron chi connectivity index (χ0n) is 14.3. The summed E-state index contributed by atoms with van der Waals surface area (Å²) in [6, 6.07) is 8.49. The number of anilines is 2. The zero-order chi connectivity index (χ0) is 18.5. The molecule has 0 aliphatic heterocycles. The van der Waals surface area contributed by atoms with Gasteiger partial charge in [-0.25, -0.2) is 9.97 Å². The quantitative estimate of drug-likeness (QED) is 0.652. The van der Waals surface area contributed by atoms with E-state index in [1.807, 2.05) is 25.1 Å². The standard InChI is InChI=1S/C18H17N7O/c1-11-8-20-18(24-15-9-21-22-10-15)25-16(11)13-3-5-14(6-4-13)17(26)23-12(2)7-19/h3-6,8-10,12H,1-2H3,(H,21,22)(H,23,26)(H,20,24,25). The monoisotopic (exact) mass is 347 g/mol. The van der Waals surface area contributed by atoms with Crippen molar-refractivity contribution in [2.75, 3.05) is 5.32 Å². The molecule has 130 valence electrons. The highest BCUT2D eigenvalue weighted by atomic mass is 16.1. The zero-order valence-corrected chi connectivity index (χ0v) is 14.3. The summed E-state index contributed by atoms with van der Waals surface area (Å²) < 4.78 is 0. The minimum absolute atomic E-state index is 0.285. The lowest BCUT2D eigenvalue weighted by Gasteiger charge is -2.10. The number of nitrogens with zero attached hydrogens (tertiary/aromatic N) is 4. The second kappa shape index (κ2) is 7.44. The molecule has 1 atom stereocenters. The molecule has 1 unspecified atom stereocenters. The second-order valence-corrected chi connectivity index (χ2v) is 5.74. The van der Waals surface area contributed by atoms with Crippen LogP contribution in [-0.4, -0.2) is 32.1 Å². The van der Waals surface area contributed by atoms with Crippen LogP contribution in [0.25, 0.3) is 11.3 Å². The number of nitriles is 1. The minimum atomic E-state index is -0.539. The average molecular weight is 347 g/mol. The Labute approximate surface area is 150 Å². The smallest absolute Gasteiger partial charge is 0.252 e. The summed E-state index contributed by atoms with van der Waals surface area (Å²) in [5.74, 6) is 0.170. The SMILES string of the molecule is Cc1cnc(Nc2cn[nH]c2)nc1-c1ccc(C(=O)NC(C)C#N)cc1. The summed E-state index contributed by atoms with van der Waals surface area (Å²) in [7, 11) is 0. The molecular weight excluding hydrogens is 330 g/mol. The maximum absolute atomic E-state index is 12.1. The molecule has 8 heteroatoms. The van der Waals surface area contributed by atoms with E-state index in [4.69, 9.17) is 5.26 Å². The third-order valence-corrected chi connectivity index (χ3v) is 3.69. The van der Waals surface area contributed by atoms with Gasteiger partial charge in [-0.15, -0.1) is 0 Å². The van der Waals surface area contributed by atoms with Gasteiger partial charge in [0.1, 0.15) is 6.04 Å². The Hall–Kier alpha value is -3.73. The first-order valence-corrected chi connectivity index (χ1v) is 7.97. The largest absolute Gasteiger partial charge is 0.337 e. The number of aromatic nitrogens is 4. The molecule has 0 aliphatic rings. The summed E-state index contributed by atoms with van der Waals surface area (Å²) >= 11 is 0. The topological polar surface area (TPSA) is 119 Å². The molecule has 1 aromatic carbocycles. The maximum atomic E-state index is 12.1. The normalized spacial score (nSPS) is 11.4. The average Bonchev–Trinajstić information content (AvgIpc) is 3.16. The fraction of sp³-hybridized carbons (Fsp3) is 0.167. The van der Waals surface area contributed by atoms with E-state index in [0.29, 0.717) is 11.5 Å². The molecule has 2 heterocycles. The predicted molar refractivity (Wildman–Crippen MR) is 96.6 cm³/mol. The van der Waals surface area contributed by atoms with Gasteiger partial charge in [-0.1, -0.05) is 12.1 Å². The van der Waals surface area contributed by atoms with Gasteiger partial charge in [-0.2, -0.15) is 10.4 Å². The highest BCUT2D eigenvalue weighted by Gasteiger charge is 2.11. The van der Waals surface area contributed by atoms with Crippen molar-refractivity contribution in [3.05, 3.63) is 54.0 Å². The van der Waals surface area contributed by atoms with Crippen molar-refractivity contribution >= 4 is 17.5 Å². The Bertz CT molecular complexity index is 943. The number of benzene rings is 1. The molecular formula is C18H17N7O. The van der Waals surface area contributed by atoms with Crippen molar-refractivity contribution in [3.63, 3.8) is 0 Å². The molecule has 3 N–H and O–H groups in total. The van der Waals surface area contributed by atoms with E-state index in [9.17, 15) is 4.79 Å². The predicted octanol–water partition coefficient (Wildman–Crippen LogP) is 2.56. The van der Waals surface area contributed by atoms with Crippen molar-refractivity contribution in [3.8, 4) is 17.3 Å². The molecule has 0 fully saturated rings. The van der Waals surface area contributed by atoms with Gasteiger partial charge in [-0.3, -0.25) is 9.89 Å². The first-order chi connectivity index (χ1) is 12.6. The van der Waals surface area contributed by atoms with Gasteiger partial charge in [0, 0.05) is 23.5 Å². The van der Waals surface area contributed by atoms with Gasteiger partial charge in [-0.05, 0) is 31.5 Å². The van der Waals surface area contributed by atoms with Crippen molar-refractivity contribution in [1.82, 2.24) is 25.5 Å². The lowest BCUT2D eigenvalue weighted by molar-refractivity contribution is 0.0948. The Kier molecular flexibility index (Phi) is 4.90. The van der Waals surface area contributed by atoms with E-state index < -0.39 is 6.04 Å². The van der Waals surface area contributed by atoms with E-state index in [-0.39, 0.29) is 5.91 Å². The molecule has 0 bridgehead atoms. The van der Waals surface area contributed by atoms with Gasteiger partial charge in [0.05, 0.1) is 23.6 Å². The molecule has 0 radical (unpaired) electrons. The molecule has 1 amide bonds. The number of hydrogen-bond donors (Lipinski definition) is 3. The molecule has 26 heavy (non-hydrogen) atoms. The van der Waals surface area contributed by atoms with Crippen LogP contribution in [0.15, 0.2) is 42.9 Å². The fourth-order valence-electron chi connectivity index (χ4n) is 2.33. The molecule has 8 nitrogen and oxygen atoms in total. The number of aryl methyl sites for hydroxylation is 1. The lowest BCUT2D eigenvalue weighted by atomic mass is 10.1. The second-order valence-electron chi connectivity index (χ2n) is 5.74. The Morgan fingerprint density at radius 1 is 1.27 bits per heavy atom. The summed E-state index contributed by atoms with van der Waals surface area (Å²) in [5.41, 5.74) is 3.80. The first-order valence-electron chi connectivity index (χ1n) is 7.97. The van der Waals surface area contributed by atoms with Crippen LogP contribution in [0.1, 0.15) is 22.8 Å². The van der Waals surface area contributed by atoms with Crippen molar-refractivity contribution in [2.45, 2.75) is 19.9 Å². The summed E-state index contributed by atoms with van der Waals surface area (Å²) in [4.78, 5) is 20.9. The number of H-pyrrole nitrogens is 1. The summed E-state index contributed by atoms with van der Waals surface area (Å²) in [5, 5.41) is 21.0. The van der Waals surface area contributed by atoms with Gasteiger partial charge in [0.15, 0.2) is 0 Å². The minimum Gasteiger partial charge on any atom is -0.337 e. The highest BCUT2D eigenvalue weighted by molar-refractivity contribution is 5.95. The summed E-state index contributed by atoms with van der Waals surface area (Å²) in [6.45, 7) is 3.55. The van der Waals surface area contributed by atoms with Gasteiger partial charge in [0.2, 0.25) is 5.95 Å². The maximum Gasteiger partial charge on any atom is 0.252 e. The van der Waals surface area contributed by atoms with Crippen LogP contribution in [0.2, 0.25) is 0 Å². The molecule has 0 aliphatic carbocycles. The van der Waals surface area contributed by atoms with E-state index in [1.54, 1.807) is 37.6 Å². The van der Waals surface area contributed by atoms with Gasteiger partial charge < -0.3 is 10.6 Å². The van der Waals surface area contributed by atoms with E-state index in [2.05, 4.69) is 30.8 Å². The third-order valence-electron chi connectivity index (χ3n) is 3.69. The number of carbonyl (C=O) groups excluding carboxylic acids is 1. The van der Waals surface area contributed by atoms with E-state index in [1.165, 1.54) is 0 Å². The molecule has 3 aromatic rings. The fourth-order valence-corrected chi connectivity index (χ4v) is 2.33. The van der Waals surface area contributed by atoms with Crippen LogP contribution < -0.4 is 10.6 Å². The highest BCUT2D eigenvalue weighted by Crippen LogP contribution is 2.23. The van der Waals surface area contributed by atoms with Crippen LogP contribution >= 0.6 is 0 Å². The van der Waals surface area contributed by atoms with Crippen molar-refractivity contribution in [1.29, 1.82) is 5.26 Å². The Balaban J connectivity index is 1.82. The Morgan fingerprint density at radius 3 is 2.69 bits per heavy atom. The Morgan fingerprint density at radius 2 is 2.04 bits per heavy atom. The van der Waals surface area contributed by atoms with Crippen LogP contribution in [0.5, 0.6) is 0 Å². The van der Waals surface area contributed by atoms with Gasteiger partial charge >= 0.3 is 0 Å². The van der Waals surface area contributed by atoms with Crippen LogP contribution in [0, 0.1) is 18.3 Å². The molecule has 3 rings (SSSR count). The van der Waals surface area contributed by atoms with Crippen LogP contribution in [0.3, 0.4) is 0 Å². The van der Waals surface area contributed by atoms with E-state index >= 15 is 0 Å². The lowest BCUT2D eigenvalue weighted by Crippen LogP contribution is -2.31. The molecule has 2 aromatic heterocycles.